The Labute approximate surface area is 95.5 Å². The van der Waals surface area contributed by atoms with E-state index in [0.717, 1.165) is 11.1 Å². The standard InChI is InChI=1S/C10H12Br2O/c1-6-4-7(2)8(13)10(3,5-6)9(11)12/h4-5,9H,1-3H3. The highest BCUT2D eigenvalue weighted by Crippen LogP contribution is 2.40. The van der Waals surface area contributed by atoms with Crippen molar-refractivity contribution in [3.8, 4) is 0 Å². The van der Waals surface area contributed by atoms with E-state index in [-0.39, 0.29) is 9.52 Å². The third kappa shape index (κ3) is 1.96. The van der Waals surface area contributed by atoms with Crippen LogP contribution in [0.5, 0.6) is 0 Å². The summed E-state index contributed by atoms with van der Waals surface area (Å²) in [6, 6.07) is 0. The monoisotopic (exact) mass is 306 g/mol. The van der Waals surface area contributed by atoms with Crippen molar-refractivity contribution in [1.29, 1.82) is 0 Å². The minimum Gasteiger partial charge on any atom is -0.294 e. The SMILES string of the molecule is CC1=CC(C)(C(Br)Br)C(=O)C(C)=C1. The van der Waals surface area contributed by atoms with Crippen molar-refractivity contribution in [2.75, 3.05) is 0 Å². The Bertz CT molecular complexity index is 302. The smallest absolute Gasteiger partial charge is 0.170 e. The molecule has 0 bridgehead atoms. The number of hydrogen-bond acceptors (Lipinski definition) is 1. The van der Waals surface area contributed by atoms with Crippen LogP contribution in [0.15, 0.2) is 23.3 Å². The molecule has 0 saturated carbocycles. The molecule has 1 atom stereocenters. The van der Waals surface area contributed by atoms with Gasteiger partial charge in [-0.15, -0.1) is 0 Å². The number of carbonyl (C=O) groups is 1. The highest BCUT2D eigenvalue weighted by Gasteiger charge is 2.38. The molecule has 0 aromatic rings. The molecule has 1 rings (SSSR count). The average Bonchev–Trinajstić information content (AvgIpc) is 1.99. The Morgan fingerprint density at radius 1 is 1.38 bits per heavy atom. The highest BCUT2D eigenvalue weighted by atomic mass is 79.9. The summed E-state index contributed by atoms with van der Waals surface area (Å²) in [6.07, 6.45) is 3.92. The highest BCUT2D eigenvalue weighted by molar-refractivity contribution is 9.24. The number of Topliss-reactive ketones (excluding diaryl/α,β-unsaturated/α-hetero) is 1. The van der Waals surface area contributed by atoms with Crippen LogP contribution in [0.25, 0.3) is 0 Å². The molecular weight excluding hydrogens is 296 g/mol. The first kappa shape index (κ1) is 11.2. The third-order valence-electron chi connectivity index (χ3n) is 2.27. The normalized spacial score (nSPS) is 28.9. The molecule has 72 valence electrons. The Hall–Kier alpha value is 0.110. The second kappa shape index (κ2) is 3.70. The number of halogens is 2. The minimum atomic E-state index is -0.455. The van der Waals surface area contributed by atoms with Gasteiger partial charge in [0.2, 0.25) is 0 Å². The molecule has 1 unspecified atom stereocenters. The van der Waals surface area contributed by atoms with Crippen LogP contribution in [0.4, 0.5) is 0 Å². The first-order valence-corrected chi connectivity index (χ1v) is 5.92. The summed E-state index contributed by atoms with van der Waals surface area (Å²) in [5.41, 5.74) is 1.51. The summed E-state index contributed by atoms with van der Waals surface area (Å²) in [7, 11) is 0. The fourth-order valence-corrected chi connectivity index (χ4v) is 2.25. The molecule has 1 nitrogen and oxygen atoms in total. The van der Waals surface area contributed by atoms with Crippen LogP contribution in [-0.4, -0.2) is 9.52 Å². The summed E-state index contributed by atoms with van der Waals surface area (Å²) >= 11 is 6.82. The lowest BCUT2D eigenvalue weighted by Gasteiger charge is -2.30. The summed E-state index contributed by atoms with van der Waals surface area (Å²) in [4.78, 5) is 11.9. The van der Waals surface area contributed by atoms with Gasteiger partial charge in [-0.3, -0.25) is 4.79 Å². The average molecular weight is 308 g/mol. The van der Waals surface area contributed by atoms with Gasteiger partial charge in [-0.2, -0.15) is 0 Å². The van der Waals surface area contributed by atoms with Gasteiger partial charge in [0, 0.05) is 0 Å². The van der Waals surface area contributed by atoms with Crippen molar-refractivity contribution in [2.45, 2.75) is 24.5 Å². The van der Waals surface area contributed by atoms with Crippen molar-refractivity contribution in [3.05, 3.63) is 23.3 Å². The van der Waals surface area contributed by atoms with Gasteiger partial charge in [-0.25, -0.2) is 0 Å². The van der Waals surface area contributed by atoms with Crippen LogP contribution in [0.2, 0.25) is 0 Å². The summed E-state index contributed by atoms with van der Waals surface area (Å²) in [5.74, 6) is 0.178. The summed E-state index contributed by atoms with van der Waals surface area (Å²) in [6.45, 7) is 5.81. The van der Waals surface area contributed by atoms with E-state index in [0.29, 0.717) is 0 Å². The molecule has 1 aliphatic carbocycles. The van der Waals surface area contributed by atoms with E-state index in [1.807, 2.05) is 32.9 Å². The van der Waals surface area contributed by atoms with Gasteiger partial charge in [-0.1, -0.05) is 49.6 Å². The van der Waals surface area contributed by atoms with Crippen LogP contribution in [0.1, 0.15) is 20.8 Å². The number of hydrogen-bond donors (Lipinski definition) is 0. The molecule has 0 amide bonds. The number of ketones is 1. The van der Waals surface area contributed by atoms with Crippen LogP contribution < -0.4 is 0 Å². The van der Waals surface area contributed by atoms with Crippen LogP contribution in [0, 0.1) is 5.41 Å². The number of alkyl halides is 2. The maximum absolute atomic E-state index is 11.9. The van der Waals surface area contributed by atoms with Crippen molar-refractivity contribution in [3.63, 3.8) is 0 Å². The minimum absolute atomic E-state index is 0.0152. The zero-order valence-corrected chi connectivity index (χ0v) is 11.1. The molecule has 3 heteroatoms. The second-order valence-corrected chi connectivity index (χ2v) is 6.69. The van der Waals surface area contributed by atoms with Crippen molar-refractivity contribution >= 4 is 37.6 Å². The van der Waals surface area contributed by atoms with E-state index in [9.17, 15) is 4.79 Å². The van der Waals surface area contributed by atoms with Crippen molar-refractivity contribution < 1.29 is 4.79 Å². The van der Waals surface area contributed by atoms with E-state index in [1.54, 1.807) is 0 Å². The van der Waals surface area contributed by atoms with Gasteiger partial charge < -0.3 is 0 Å². The number of rotatable bonds is 1. The van der Waals surface area contributed by atoms with Crippen molar-refractivity contribution in [1.82, 2.24) is 0 Å². The second-order valence-electron chi connectivity index (χ2n) is 3.63. The van der Waals surface area contributed by atoms with Gasteiger partial charge in [0.15, 0.2) is 5.78 Å². The molecule has 0 fully saturated rings. The first-order chi connectivity index (χ1) is 5.88. The predicted octanol–water partition coefficient (Wildman–Crippen LogP) is 3.58. The van der Waals surface area contributed by atoms with Gasteiger partial charge >= 0.3 is 0 Å². The van der Waals surface area contributed by atoms with Gasteiger partial charge in [0.05, 0.1) is 9.15 Å². The zero-order chi connectivity index (χ0) is 10.2. The van der Waals surface area contributed by atoms with Crippen LogP contribution >= 0.6 is 31.9 Å². The first-order valence-electron chi connectivity index (χ1n) is 4.08. The summed E-state index contributed by atoms with van der Waals surface area (Å²) < 4.78 is -0.0152. The van der Waals surface area contributed by atoms with Gasteiger partial charge in [-0.05, 0) is 26.3 Å². The molecule has 13 heavy (non-hydrogen) atoms. The van der Waals surface area contributed by atoms with E-state index in [2.05, 4.69) is 31.9 Å². The van der Waals surface area contributed by atoms with E-state index in [1.165, 1.54) is 0 Å². The number of allylic oxidation sites excluding steroid dienone is 4. The lowest BCUT2D eigenvalue weighted by molar-refractivity contribution is -0.121. The fraction of sp³-hybridized carbons (Fsp3) is 0.500. The lowest BCUT2D eigenvalue weighted by atomic mass is 9.79. The van der Waals surface area contributed by atoms with E-state index < -0.39 is 5.41 Å². The quantitative estimate of drug-likeness (QED) is 0.677. The molecule has 0 radical (unpaired) electrons. The topological polar surface area (TPSA) is 17.1 Å². The molecule has 0 aromatic carbocycles. The van der Waals surface area contributed by atoms with Gasteiger partial charge in [0.25, 0.3) is 0 Å². The molecular formula is C10H12Br2O. The largest absolute Gasteiger partial charge is 0.294 e. The molecule has 0 aromatic heterocycles. The zero-order valence-electron chi connectivity index (χ0n) is 7.90. The fourth-order valence-electron chi connectivity index (χ4n) is 1.57. The maximum Gasteiger partial charge on any atom is 0.170 e. The Morgan fingerprint density at radius 3 is 2.38 bits per heavy atom. The van der Waals surface area contributed by atoms with Gasteiger partial charge in [0.1, 0.15) is 0 Å². The predicted molar refractivity (Wildman–Crippen MR) is 62.3 cm³/mol. The Morgan fingerprint density at radius 2 is 1.92 bits per heavy atom. The van der Waals surface area contributed by atoms with Crippen molar-refractivity contribution in [2.24, 2.45) is 5.41 Å². The molecule has 0 saturated heterocycles. The summed E-state index contributed by atoms with van der Waals surface area (Å²) in [5, 5.41) is 0. The maximum atomic E-state index is 11.9. The third-order valence-corrected chi connectivity index (χ3v) is 4.17. The molecule has 0 spiro atoms. The van der Waals surface area contributed by atoms with Crippen LogP contribution in [-0.2, 0) is 4.79 Å². The molecule has 0 heterocycles. The van der Waals surface area contributed by atoms with Crippen LogP contribution in [0.3, 0.4) is 0 Å². The molecule has 1 aliphatic rings. The Balaban J connectivity index is 3.16. The van der Waals surface area contributed by atoms with E-state index in [4.69, 9.17) is 0 Å². The molecule has 0 N–H and O–H groups in total. The number of carbonyl (C=O) groups excluding carboxylic acids is 1. The van der Waals surface area contributed by atoms with E-state index >= 15 is 0 Å². The Kier molecular flexibility index (Phi) is 3.18. The molecule has 0 aliphatic heterocycles. The lowest BCUT2D eigenvalue weighted by Crippen LogP contribution is -2.34.